The lowest BCUT2D eigenvalue weighted by Crippen LogP contribution is -2.48. The molecular weight excluding hydrogens is 186 g/mol. The molecule has 2 heteroatoms. The quantitative estimate of drug-likeness (QED) is 0.681. The van der Waals surface area contributed by atoms with Crippen LogP contribution in [0.1, 0.15) is 59.3 Å². The van der Waals surface area contributed by atoms with Crippen LogP contribution in [0.25, 0.3) is 0 Å². The lowest BCUT2D eigenvalue weighted by atomic mass is 9.80. The van der Waals surface area contributed by atoms with Crippen LogP contribution in [0.2, 0.25) is 0 Å². The van der Waals surface area contributed by atoms with E-state index < -0.39 is 0 Å². The summed E-state index contributed by atoms with van der Waals surface area (Å²) >= 11 is 0. The molecule has 2 nitrogen and oxygen atoms in total. The maximum atomic E-state index is 9.05. The van der Waals surface area contributed by atoms with Crippen LogP contribution in [0.3, 0.4) is 0 Å². The van der Waals surface area contributed by atoms with E-state index in [4.69, 9.17) is 5.11 Å². The van der Waals surface area contributed by atoms with Gasteiger partial charge < -0.3 is 10.4 Å². The largest absolute Gasteiger partial charge is 0.396 e. The van der Waals surface area contributed by atoms with Gasteiger partial charge >= 0.3 is 0 Å². The molecule has 0 saturated heterocycles. The molecule has 1 aliphatic carbocycles. The van der Waals surface area contributed by atoms with E-state index in [0.29, 0.717) is 6.04 Å². The van der Waals surface area contributed by atoms with Gasteiger partial charge in [-0.05, 0) is 39.0 Å². The zero-order chi connectivity index (χ0) is 11.3. The molecule has 1 fully saturated rings. The SMILES string of the molecule is CCC(C)(CCO)NC(C)CC1CCC1. The highest BCUT2D eigenvalue weighted by atomic mass is 16.3. The molecule has 0 aliphatic heterocycles. The van der Waals surface area contributed by atoms with Gasteiger partial charge in [0.1, 0.15) is 0 Å². The van der Waals surface area contributed by atoms with Crippen LogP contribution in [-0.2, 0) is 0 Å². The summed E-state index contributed by atoms with van der Waals surface area (Å²) in [5.74, 6) is 0.961. The smallest absolute Gasteiger partial charge is 0.0448 e. The van der Waals surface area contributed by atoms with Gasteiger partial charge in [-0.1, -0.05) is 26.2 Å². The van der Waals surface area contributed by atoms with Crippen molar-refractivity contribution in [1.29, 1.82) is 0 Å². The van der Waals surface area contributed by atoms with E-state index in [1.165, 1.54) is 25.7 Å². The van der Waals surface area contributed by atoms with E-state index in [1.807, 2.05) is 0 Å². The lowest BCUT2D eigenvalue weighted by Gasteiger charge is -2.36. The van der Waals surface area contributed by atoms with Crippen LogP contribution in [0, 0.1) is 5.92 Å². The molecule has 0 spiro atoms. The van der Waals surface area contributed by atoms with Crippen molar-refractivity contribution >= 4 is 0 Å². The summed E-state index contributed by atoms with van der Waals surface area (Å²) in [5, 5.41) is 12.7. The molecule has 1 saturated carbocycles. The molecule has 0 aromatic rings. The van der Waals surface area contributed by atoms with Crippen LogP contribution in [0.5, 0.6) is 0 Å². The Balaban J connectivity index is 2.28. The number of rotatable bonds is 7. The fourth-order valence-corrected chi connectivity index (χ4v) is 2.48. The Morgan fingerprint density at radius 1 is 1.47 bits per heavy atom. The van der Waals surface area contributed by atoms with Crippen molar-refractivity contribution in [3.8, 4) is 0 Å². The molecule has 0 bridgehead atoms. The minimum Gasteiger partial charge on any atom is -0.396 e. The Labute approximate surface area is 94.5 Å². The number of hydrogen-bond acceptors (Lipinski definition) is 2. The Bertz CT molecular complexity index is 179. The molecule has 15 heavy (non-hydrogen) atoms. The van der Waals surface area contributed by atoms with Crippen molar-refractivity contribution in [2.75, 3.05) is 6.61 Å². The first-order valence-electron chi connectivity index (χ1n) is 6.48. The lowest BCUT2D eigenvalue weighted by molar-refractivity contribution is 0.185. The summed E-state index contributed by atoms with van der Waals surface area (Å²) in [6, 6.07) is 0.590. The van der Waals surface area contributed by atoms with E-state index in [1.54, 1.807) is 0 Å². The molecule has 1 aliphatic rings. The van der Waals surface area contributed by atoms with Crippen molar-refractivity contribution in [1.82, 2.24) is 5.32 Å². The maximum absolute atomic E-state index is 9.05. The Hall–Kier alpha value is -0.0800. The van der Waals surface area contributed by atoms with Gasteiger partial charge in [0.25, 0.3) is 0 Å². The van der Waals surface area contributed by atoms with Crippen LogP contribution in [0.15, 0.2) is 0 Å². The van der Waals surface area contributed by atoms with Crippen molar-refractivity contribution in [2.45, 2.75) is 70.9 Å². The molecule has 2 atom stereocenters. The summed E-state index contributed by atoms with van der Waals surface area (Å²) in [6.45, 7) is 6.98. The third-order valence-corrected chi connectivity index (χ3v) is 3.95. The molecule has 2 unspecified atom stereocenters. The van der Waals surface area contributed by atoms with Crippen LogP contribution in [-0.4, -0.2) is 23.3 Å². The summed E-state index contributed by atoms with van der Waals surface area (Å²) in [5.41, 5.74) is 0.123. The van der Waals surface area contributed by atoms with E-state index in [2.05, 4.69) is 26.1 Å². The van der Waals surface area contributed by atoms with E-state index in [-0.39, 0.29) is 12.1 Å². The Morgan fingerprint density at radius 2 is 2.13 bits per heavy atom. The van der Waals surface area contributed by atoms with Gasteiger partial charge in [0, 0.05) is 18.2 Å². The second-order valence-electron chi connectivity index (χ2n) is 5.47. The van der Waals surface area contributed by atoms with Gasteiger partial charge in [0.15, 0.2) is 0 Å². The van der Waals surface area contributed by atoms with Crippen LogP contribution in [0.4, 0.5) is 0 Å². The average molecular weight is 213 g/mol. The second-order valence-corrected chi connectivity index (χ2v) is 5.47. The predicted octanol–water partition coefficient (Wildman–Crippen LogP) is 2.71. The van der Waals surface area contributed by atoms with Crippen LogP contribution < -0.4 is 5.32 Å². The molecular formula is C13H27NO. The van der Waals surface area contributed by atoms with E-state index in [9.17, 15) is 0 Å². The summed E-state index contributed by atoms with van der Waals surface area (Å²) in [7, 11) is 0. The van der Waals surface area contributed by atoms with E-state index in [0.717, 1.165) is 18.8 Å². The monoisotopic (exact) mass is 213 g/mol. The number of nitrogens with one attached hydrogen (secondary N) is 1. The zero-order valence-electron chi connectivity index (χ0n) is 10.6. The normalized spacial score (nSPS) is 23.2. The molecule has 0 aromatic carbocycles. The van der Waals surface area contributed by atoms with Gasteiger partial charge in [-0.2, -0.15) is 0 Å². The summed E-state index contributed by atoms with van der Waals surface area (Å²) in [4.78, 5) is 0. The highest BCUT2D eigenvalue weighted by Crippen LogP contribution is 2.31. The minimum atomic E-state index is 0.123. The number of aliphatic hydroxyl groups is 1. The van der Waals surface area contributed by atoms with E-state index >= 15 is 0 Å². The molecule has 0 heterocycles. The summed E-state index contributed by atoms with van der Waals surface area (Å²) in [6.07, 6.45) is 7.53. The van der Waals surface area contributed by atoms with Crippen molar-refractivity contribution in [3.05, 3.63) is 0 Å². The van der Waals surface area contributed by atoms with Crippen LogP contribution >= 0.6 is 0 Å². The number of hydrogen-bond donors (Lipinski definition) is 2. The highest BCUT2D eigenvalue weighted by Gasteiger charge is 2.26. The maximum Gasteiger partial charge on any atom is 0.0448 e. The van der Waals surface area contributed by atoms with Gasteiger partial charge in [0.05, 0.1) is 0 Å². The Kier molecular flexibility index (Phi) is 5.07. The molecule has 0 radical (unpaired) electrons. The minimum absolute atomic E-state index is 0.123. The standard InChI is InChI=1S/C13H27NO/c1-4-13(3,8-9-15)14-11(2)10-12-6-5-7-12/h11-12,14-15H,4-10H2,1-3H3. The summed E-state index contributed by atoms with van der Waals surface area (Å²) < 4.78 is 0. The molecule has 0 amide bonds. The predicted molar refractivity (Wildman–Crippen MR) is 65.0 cm³/mol. The fourth-order valence-electron chi connectivity index (χ4n) is 2.48. The second kappa shape index (κ2) is 5.86. The molecule has 90 valence electrons. The molecule has 0 aromatic heterocycles. The van der Waals surface area contributed by atoms with Crippen molar-refractivity contribution in [3.63, 3.8) is 0 Å². The third kappa shape index (κ3) is 4.12. The topological polar surface area (TPSA) is 32.3 Å². The third-order valence-electron chi connectivity index (χ3n) is 3.95. The van der Waals surface area contributed by atoms with Crippen molar-refractivity contribution < 1.29 is 5.11 Å². The Morgan fingerprint density at radius 3 is 2.53 bits per heavy atom. The van der Waals surface area contributed by atoms with Crippen molar-refractivity contribution in [2.24, 2.45) is 5.92 Å². The highest BCUT2D eigenvalue weighted by molar-refractivity contribution is 4.85. The van der Waals surface area contributed by atoms with Gasteiger partial charge in [-0.15, -0.1) is 0 Å². The first-order chi connectivity index (χ1) is 7.09. The molecule has 1 rings (SSSR count). The van der Waals surface area contributed by atoms with Gasteiger partial charge in [0.2, 0.25) is 0 Å². The molecule has 2 N–H and O–H groups in total. The average Bonchev–Trinajstić information content (AvgIpc) is 2.12. The van der Waals surface area contributed by atoms with Gasteiger partial charge in [-0.3, -0.25) is 0 Å². The first kappa shape index (κ1) is 13.0. The first-order valence-corrected chi connectivity index (χ1v) is 6.48. The zero-order valence-corrected chi connectivity index (χ0v) is 10.6. The number of aliphatic hydroxyl groups excluding tert-OH is 1. The fraction of sp³-hybridized carbons (Fsp3) is 1.00. The van der Waals surface area contributed by atoms with Gasteiger partial charge in [-0.25, -0.2) is 0 Å².